The Morgan fingerprint density at radius 1 is 1.43 bits per heavy atom. The average Bonchev–Trinajstić information content (AvgIpc) is 3.05. The summed E-state index contributed by atoms with van der Waals surface area (Å²) < 4.78 is 9.98. The molecule has 0 bridgehead atoms. The van der Waals surface area contributed by atoms with E-state index in [0.717, 1.165) is 36.4 Å². The average molecular weight is 290 g/mol. The van der Waals surface area contributed by atoms with Crippen LogP contribution in [0, 0.1) is 19.8 Å². The third-order valence-corrected chi connectivity index (χ3v) is 3.87. The molecule has 0 amide bonds. The van der Waals surface area contributed by atoms with Crippen molar-refractivity contribution in [2.45, 2.75) is 26.7 Å². The molecule has 1 fully saturated rings. The van der Waals surface area contributed by atoms with Gasteiger partial charge in [-0.25, -0.2) is 4.98 Å². The highest BCUT2D eigenvalue weighted by Gasteiger charge is 2.28. The zero-order valence-electron chi connectivity index (χ0n) is 12.4. The highest BCUT2D eigenvalue weighted by molar-refractivity contribution is 5.88. The fraction of sp³-hybridized carbons (Fsp3) is 0.571. The Bertz CT molecular complexity index is 682. The predicted octanol–water partition coefficient (Wildman–Crippen LogP) is 1.62. The summed E-state index contributed by atoms with van der Waals surface area (Å²) in [6, 6.07) is 0. The molecule has 0 saturated carbocycles. The van der Waals surface area contributed by atoms with Crippen LogP contribution in [0.4, 0.5) is 5.82 Å². The highest BCUT2D eigenvalue weighted by Crippen LogP contribution is 2.31. The lowest BCUT2D eigenvalue weighted by molar-refractivity contribution is -0.141. The van der Waals surface area contributed by atoms with Crippen molar-refractivity contribution in [3.8, 4) is 0 Å². The van der Waals surface area contributed by atoms with Crippen molar-refractivity contribution in [1.29, 1.82) is 0 Å². The molecule has 1 unspecified atom stereocenters. The molecule has 0 spiro atoms. The van der Waals surface area contributed by atoms with Crippen LogP contribution in [0.2, 0.25) is 0 Å². The minimum absolute atomic E-state index is 0.160. The van der Waals surface area contributed by atoms with Crippen LogP contribution in [0.25, 0.3) is 11.1 Å². The summed E-state index contributed by atoms with van der Waals surface area (Å²) in [5.74, 6) is 1.64. The van der Waals surface area contributed by atoms with E-state index in [-0.39, 0.29) is 5.97 Å². The molecule has 21 heavy (non-hydrogen) atoms. The van der Waals surface area contributed by atoms with Gasteiger partial charge in [0.1, 0.15) is 17.0 Å². The first kappa shape index (κ1) is 13.8. The second-order valence-electron chi connectivity index (χ2n) is 5.42. The van der Waals surface area contributed by atoms with Gasteiger partial charge >= 0.3 is 5.97 Å². The minimum Gasteiger partial charge on any atom is -0.469 e. The van der Waals surface area contributed by atoms with Crippen LogP contribution < -0.4 is 4.90 Å². The van der Waals surface area contributed by atoms with Gasteiger partial charge in [0.2, 0.25) is 0 Å². The van der Waals surface area contributed by atoms with E-state index in [1.54, 1.807) is 0 Å². The number of aryl methyl sites for hydroxylation is 2. The number of carbonyl (C=O) groups excluding carboxylic acids is 1. The van der Waals surface area contributed by atoms with E-state index in [1.165, 1.54) is 7.11 Å². The molecular formula is C14H18N4O3. The van der Waals surface area contributed by atoms with E-state index in [4.69, 9.17) is 9.26 Å². The van der Waals surface area contributed by atoms with Crippen molar-refractivity contribution < 1.29 is 14.1 Å². The van der Waals surface area contributed by atoms with Crippen molar-refractivity contribution >= 4 is 22.9 Å². The van der Waals surface area contributed by atoms with Crippen LogP contribution in [0.3, 0.4) is 0 Å². The molecule has 2 aromatic heterocycles. The number of anilines is 1. The minimum atomic E-state index is -0.160. The molecule has 0 aliphatic carbocycles. The molecule has 3 heterocycles. The third kappa shape index (κ3) is 2.55. The Morgan fingerprint density at radius 3 is 3.00 bits per heavy atom. The first-order valence-electron chi connectivity index (χ1n) is 7.01. The Hall–Kier alpha value is -2.18. The monoisotopic (exact) mass is 290 g/mol. The lowest BCUT2D eigenvalue weighted by Crippen LogP contribution is -2.22. The van der Waals surface area contributed by atoms with Gasteiger partial charge < -0.3 is 14.2 Å². The SMILES string of the molecule is COC(=O)CC1CCN(c2nc(C)nc3onc(C)c23)C1. The Labute approximate surface area is 122 Å². The Kier molecular flexibility index (Phi) is 3.48. The first-order chi connectivity index (χ1) is 10.1. The summed E-state index contributed by atoms with van der Waals surface area (Å²) in [5.41, 5.74) is 1.31. The van der Waals surface area contributed by atoms with Gasteiger partial charge in [-0.05, 0) is 26.2 Å². The number of esters is 1. The van der Waals surface area contributed by atoms with Crippen LogP contribution in [0.1, 0.15) is 24.4 Å². The zero-order valence-corrected chi connectivity index (χ0v) is 12.4. The normalized spacial score (nSPS) is 18.4. The van der Waals surface area contributed by atoms with Crippen LogP contribution >= 0.6 is 0 Å². The number of hydrogen-bond acceptors (Lipinski definition) is 7. The number of rotatable bonds is 3. The van der Waals surface area contributed by atoms with E-state index < -0.39 is 0 Å². The van der Waals surface area contributed by atoms with Gasteiger partial charge in [0.15, 0.2) is 0 Å². The largest absolute Gasteiger partial charge is 0.469 e. The number of fused-ring (bicyclic) bond motifs is 1. The van der Waals surface area contributed by atoms with Gasteiger partial charge in [0.25, 0.3) is 5.71 Å². The number of carbonyl (C=O) groups is 1. The van der Waals surface area contributed by atoms with Crippen molar-refractivity contribution in [1.82, 2.24) is 15.1 Å². The van der Waals surface area contributed by atoms with Gasteiger partial charge in [-0.3, -0.25) is 4.79 Å². The lowest BCUT2D eigenvalue weighted by atomic mass is 10.1. The zero-order chi connectivity index (χ0) is 15.0. The molecule has 1 aliphatic heterocycles. The summed E-state index contributed by atoms with van der Waals surface area (Å²) in [7, 11) is 1.42. The Morgan fingerprint density at radius 2 is 2.24 bits per heavy atom. The molecule has 1 saturated heterocycles. The number of nitrogens with zero attached hydrogens (tertiary/aromatic N) is 4. The lowest BCUT2D eigenvalue weighted by Gasteiger charge is -2.18. The fourth-order valence-electron chi connectivity index (χ4n) is 2.81. The van der Waals surface area contributed by atoms with Gasteiger partial charge in [-0.2, -0.15) is 4.98 Å². The van der Waals surface area contributed by atoms with Gasteiger partial charge in [-0.1, -0.05) is 5.16 Å². The molecule has 0 radical (unpaired) electrons. The number of ether oxygens (including phenoxy) is 1. The van der Waals surface area contributed by atoms with Crippen molar-refractivity contribution in [2.75, 3.05) is 25.1 Å². The van der Waals surface area contributed by atoms with Crippen LogP contribution in [-0.4, -0.2) is 41.3 Å². The van der Waals surface area contributed by atoms with Gasteiger partial charge in [0, 0.05) is 13.1 Å². The molecule has 2 aromatic rings. The van der Waals surface area contributed by atoms with E-state index in [1.807, 2.05) is 13.8 Å². The predicted molar refractivity (Wildman–Crippen MR) is 76.0 cm³/mol. The summed E-state index contributed by atoms with van der Waals surface area (Å²) in [6.07, 6.45) is 1.40. The number of aromatic nitrogens is 3. The molecule has 112 valence electrons. The molecule has 7 nitrogen and oxygen atoms in total. The van der Waals surface area contributed by atoms with Crippen molar-refractivity contribution in [3.05, 3.63) is 11.5 Å². The van der Waals surface area contributed by atoms with Crippen molar-refractivity contribution in [3.63, 3.8) is 0 Å². The van der Waals surface area contributed by atoms with E-state index in [2.05, 4.69) is 20.0 Å². The maximum atomic E-state index is 11.4. The number of hydrogen-bond donors (Lipinski definition) is 0. The van der Waals surface area contributed by atoms with Crippen molar-refractivity contribution in [2.24, 2.45) is 5.92 Å². The second-order valence-corrected chi connectivity index (χ2v) is 5.42. The van der Waals surface area contributed by atoms with Gasteiger partial charge in [-0.15, -0.1) is 0 Å². The van der Waals surface area contributed by atoms with Crippen LogP contribution in [0.15, 0.2) is 4.52 Å². The molecule has 0 aromatic carbocycles. The molecule has 3 rings (SSSR count). The fourth-order valence-corrected chi connectivity index (χ4v) is 2.81. The molecule has 7 heteroatoms. The van der Waals surface area contributed by atoms with E-state index >= 15 is 0 Å². The molecule has 0 N–H and O–H groups in total. The maximum Gasteiger partial charge on any atom is 0.305 e. The summed E-state index contributed by atoms with van der Waals surface area (Å²) in [6.45, 7) is 5.36. The van der Waals surface area contributed by atoms with E-state index in [0.29, 0.717) is 23.9 Å². The summed E-state index contributed by atoms with van der Waals surface area (Å²) >= 11 is 0. The van der Waals surface area contributed by atoms with E-state index in [9.17, 15) is 4.79 Å². The standard InChI is InChI=1S/C14H18N4O3/c1-8-12-13(15-9(2)16-14(12)21-17-8)18-5-4-10(7-18)6-11(19)20-3/h10H,4-7H2,1-3H3. The van der Waals surface area contributed by atoms with Gasteiger partial charge in [0.05, 0.1) is 19.2 Å². The summed E-state index contributed by atoms with van der Waals surface area (Å²) in [5, 5.41) is 4.83. The van der Waals surface area contributed by atoms with Crippen LogP contribution in [0.5, 0.6) is 0 Å². The first-order valence-corrected chi connectivity index (χ1v) is 7.01. The summed E-state index contributed by atoms with van der Waals surface area (Å²) in [4.78, 5) is 22.4. The second kappa shape index (κ2) is 5.31. The number of methoxy groups -OCH3 is 1. The topological polar surface area (TPSA) is 81.4 Å². The smallest absolute Gasteiger partial charge is 0.305 e. The van der Waals surface area contributed by atoms with Crippen LogP contribution in [-0.2, 0) is 9.53 Å². The third-order valence-electron chi connectivity index (χ3n) is 3.87. The highest BCUT2D eigenvalue weighted by atomic mass is 16.5. The molecular weight excluding hydrogens is 272 g/mol. The quantitative estimate of drug-likeness (QED) is 0.794. The maximum absolute atomic E-state index is 11.4. The molecule has 1 aliphatic rings. The Balaban J connectivity index is 1.88. The molecule has 1 atom stereocenters.